The summed E-state index contributed by atoms with van der Waals surface area (Å²) >= 11 is 0. The van der Waals surface area contributed by atoms with Crippen LogP contribution < -0.4 is 15.5 Å². The molecule has 0 unspecified atom stereocenters. The Bertz CT molecular complexity index is 666. The van der Waals surface area contributed by atoms with Gasteiger partial charge in [0, 0.05) is 38.3 Å². The molecule has 1 saturated heterocycles. The van der Waals surface area contributed by atoms with Gasteiger partial charge in [0.05, 0.1) is 6.26 Å². The van der Waals surface area contributed by atoms with E-state index in [1.807, 2.05) is 31.3 Å². The number of nitrogens with one attached hydrogen (secondary N) is 2. The number of hydrogen-bond acceptors (Lipinski definition) is 4. The molecule has 0 saturated carbocycles. The minimum Gasteiger partial charge on any atom is -0.469 e. The van der Waals surface area contributed by atoms with Crippen LogP contribution >= 0.6 is 0 Å². The number of nitrogens with zero attached hydrogens (tertiary/aromatic N) is 2. The van der Waals surface area contributed by atoms with Gasteiger partial charge in [-0.2, -0.15) is 0 Å². The zero-order valence-electron chi connectivity index (χ0n) is 14.7. The summed E-state index contributed by atoms with van der Waals surface area (Å²) in [7, 11) is 0. The van der Waals surface area contributed by atoms with Crippen molar-refractivity contribution in [2.45, 2.75) is 45.2 Å². The highest BCUT2D eigenvalue weighted by molar-refractivity contribution is 5.74. The Hall–Kier alpha value is -2.50. The lowest BCUT2D eigenvalue weighted by Crippen LogP contribution is -2.41. The molecular formula is C19H26N4O2. The predicted octanol–water partition coefficient (Wildman–Crippen LogP) is 3.10. The number of furan rings is 1. The van der Waals surface area contributed by atoms with Crippen molar-refractivity contribution in [3.63, 3.8) is 0 Å². The van der Waals surface area contributed by atoms with Crippen molar-refractivity contribution >= 4 is 11.8 Å². The first-order chi connectivity index (χ1) is 12.2. The average Bonchev–Trinajstić information content (AvgIpc) is 3.14. The van der Waals surface area contributed by atoms with E-state index in [1.54, 1.807) is 6.26 Å². The highest BCUT2D eigenvalue weighted by atomic mass is 16.3. The van der Waals surface area contributed by atoms with Crippen molar-refractivity contribution in [1.29, 1.82) is 0 Å². The molecule has 2 amide bonds. The van der Waals surface area contributed by atoms with Gasteiger partial charge in [0.15, 0.2) is 0 Å². The number of aromatic nitrogens is 1. The van der Waals surface area contributed by atoms with E-state index in [0.29, 0.717) is 13.0 Å². The summed E-state index contributed by atoms with van der Waals surface area (Å²) in [6.45, 7) is 4.58. The zero-order valence-corrected chi connectivity index (χ0v) is 14.7. The van der Waals surface area contributed by atoms with Gasteiger partial charge in [0.1, 0.15) is 11.6 Å². The summed E-state index contributed by atoms with van der Waals surface area (Å²) in [6.07, 6.45) is 7.88. The fourth-order valence-electron chi connectivity index (χ4n) is 3.11. The number of piperidine rings is 1. The monoisotopic (exact) mass is 342 g/mol. The van der Waals surface area contributed by atoms with Gasteiger partial charge in [-0.1, -0.05) is 0 Å². The fourth-order valence-corrected chi connectivity index (χ4v) is 3.11. The first-order valence-corrected chi connectivity index (χ1v) is 8.97. The number of anilines is 1. The molecule has 1 atom stereocenters. The van der Waals surface area contributed by atoms with Gasteiger partial charge in [-0.3, -0.25) is 0 Å². The second-order valence-electron chi connectivity index (χ2n) is 6.58. The number of hydrogen-bond donors (Lipinski definition) is 2. The normalized spacial score (nSPS) is 15.6. The molecule has 3 rings (SSSR count). The molecular weight excluding hydrogens is 316 g/mol. The summed E-state index contributed by atoms with van der Waals surface area (Å²) in [6, 6.07) is 7.61. The van der Waals surface area contributed by atoms with E-state index in [2.05, 4.69) is 26.6 Å². The number of urea groups is 1. The largest absolute Gasteiger partial charge is 0.469 e. The molecule has 0 spiro atoms. The molecule has 0 aromatic carbocycles. The third-order valence-corrected chi connectivity index (χ3v) is 4.41. The molecule has 1 aliphatic rings. The fraction of sp³-hybridized carbons (Fsp3) is 0.474. The third kappa shape index (κ3) is 5.24. The molecule has 2 aromatic heterocycles. The Kier molecular flexibility index (Phi) is 5.93. The minimum absolute atomic E-state index is 0.00695. The van der Waals surface area contributed by atoms with E-state index >= 15 is 0 Å². The Morgan fingerprint density at radius 2 is 2.16 bits per heavy atom. The van der Waals surface area contributed by atoms with Crippen molar-refractivity contribution in [3.05, 3.63) is 48.0 Å². The molecule has 1 fully saturated rings. The molecule has 6 nitrogen and oxygen atoms in total. The number of rotatable bonds is 6. The summed E-state index contributed by atoms with van der Waals surface area (Å²) in [5.41, 5.74) is 1.06. The summed E-state index contributed by atoms with van der Waals surface area (Å²) < 4.78 is 5.30. The van der Waals surface area contributed by atoms with Crippen molar-refractivity contribution in [3.8, 4) is 0 Å². The molecule has 0 aliphatic carbocycles. The van der Waals surface area contributed by atoms with Crippen molar-refractivity contribution in [2.75, 3.05) is 18.0 Å². The SMILES string of the molecule is C[C@H](Cc1ccco1)NC(=O)NCc1ccnc(N2CCCCC2)c1. The summed E-state index contributed by atoms with van der Waals surface area (Å²) in [4.78, 5) is 18.8. The van der Waals surface area contributed by atoms with E-state index < -0.39 is 0 Å². The van der Waals surface area contributed by atoms with Crippen LogP contribution in [0.25, 0.3) is 0 Å². The maximum Gasteiger partial charge on any atom is 0.315 e. The van der Waals surface area contributed by atoms with Crippen LogP contribution in [-0.2, 0) is 13.0 Å². The standard InChI is InChI=1S/C19H26N4O2/c1-15(12-17-6-5-11-25-17)22-19(24)21-14-16-7-8-20-18(13-16)23-9-3-2-4-10-23/h5-8,11,13,15H,2-4,9-10,12,14H2,1H3,(H2,21,22,24)/t15-/m1/s1. The molecule has 0 bridgehead atoms. The van der Waals surface area contributed by atoms with Crippen LogP contribution in [0.5, 0.6) is 0 Å². The summed E-state index contributed by atoms with van der Waals surface area (Å²) in [5, 5.41) is 5.84. The van der Waals surface area contributed by atoms with Crippen molar-refractivity contribution in [1.82, 2.24) is 15.6 Å². The zero-order chi connectivity index (χ0) is 17.5. The van der Waals surface area contributed by atoms with Gasteiger partial charge in [0.2, 0.25) is 0 Å². The van der Waals surface area contributed by atoms with Gasteiger partial charge in [0.25, 0.3) is 0 Å². The topological polar surface area (TPSA) is 70.4 Å². The lowest BCUT2D eigenvalue weighted by Gasteiger charge is -2.27. The van der Waals surface area contributed by atoms with Gasteiger partial charge in [-0.15, -0.1) is 0 Å². The van der Waals surface area contributed by atoms with E-state index in [4.69, 9.17) is 4.42 Å². The Balaban J connectivity index is 1.46. The smallest absolute Gasteiger partial charge is 0.315 e. The maximum atomic E-state index is 12.1. The van der Waals surface area contributed by atoms with E-state index in [-0.39, 0.29) is 12.1 Å². The van der Waals surface area contributed by atoms with Crippen LogP contribution in [0.1, 0.15) is 37.5 Å². The molecule has 134 valence electrons. The van der Waals surface area contributed by atoms with Gasteiger partial charge < -0.3 is 20.0 Å². The average molecular weight is 342 g/mol. The highest BCUT2D eigenvalue weighted by Crippen LogP contribution is 2.18. The van der Waals surface area contributed by atoms with Crippen LogP contribution in [0.2, 0.25) is 0 Å². The van der Waals surface area contributed by atoms with E-state index in [0.717, 1.165) is 30.2 Å². The van der Waals surface area contributed by atoms with E-state index in [1.165, 1.54) is 19.3 Å². The predicted molar refractivity (Wildman–Crippen MR) is 97.5 cm³/mol. The Morgan fingerprint density at radius 1 is 1.32 bits per heavy atom. The maximum absolute atomic E-state index is 12.1. The Labute approximate surface area is 148 Å². The molecule has 1 aliphatic heterocycles. The lowest BCUT2D eigenvalue weighted by molar-refractivity contribution is 0.237. The molecule has 6 heteroatoms. The van der Waals surface area contributed by atoms with Crippen molar-refractivity contribution in [2.24, 2.45) is 0 Å². The lowest BCUT2D eigenvalue weighted by atomic mass is 10.1. The van der Waals surface area contributed by atoms with Gasteiger partial charge >= 0.3 is 6.03 Å². The van der Waals surface area contributed by atoms with E-state index in [9.17, 15) is 4.79 Å². The number of pyridine rings is 1. The quantitative estimate of drug-likeness (QED) is 0.846. The molecule has 0 radical (unpaired) electrons. The van der Waals surface area contributed by atoms with Gasteiger partial charge in [-0.25, -0.2) is 9.78 Å². The van der Waals surface area contributed by atoms with Crippen LogP contribution in [0.15, 0.2) is 41.1 Å². The number of carbonyl (C=O) groups excluding carboxylic acids is 1. The second-order valence-corrected chi connectivity index (χ2v) is 6.58. The molecule has 3 heterocycles. The highest BCUT2D eigenvalue weighted by Gasteiger charge is 2.13. The van der Waals surface area contributed by atoms with Crippen LogP contribution in [0, 0.1) is 0 Å². The number of amides is 2. The first kappa shape index (κ1) is 17.3. The van der Waals surface area contributed by atoms with Crippen LogP contribution in [-0.4, -0.2) is 30.1 Å². The number of carbonyl (C=O) groups is 1. The second kappa shape index (κ2) is 8.55. The minimum atomic E-state index is -0.171. The molecule has 25 heavy (non-hydrogen) atoms. The third-order valence-electron chi connectivity index (χ3n) is 4.41. The summed E-state index contributed by atoms with van der Waals surface area (Å²) in [5.74, 6) is 1.87. The first-order valence-electron chi connectivity index (χ1n) is 8.97. The molecule has 2 aromatic rings. The van der Waals surface area contributed by atoms with Gasteiger partial charge in [-0.05, 0) is 56.0 Å². The van der Waals surface area contributed by atoms with Crippen molar-refractivity contribution < 1.29 is 9.21 Å². The molecule has 2 N–H and O–H groups in total. The van der Waals surface area contributed by atoms with Crippen LogP contribution in [0.4, 0.5) is 10.6 Å². The Morgan fingerprint density at radius 3 is 2.92 bits per heavy atom. The van der Waals surface area contributed by atoms with Crippen LogP contribution in [0.3, 0.4) is 0 Å².